The molecule has 1 saturated carbocycles. The van der Waals surface area contributed by atoms with Gasteiger partial charge in [0.15, 0.2) is 5.13 Å². The molecule has 20 heavy (non-hydrogen) atoms. The summed E-state index contributed by atoms with van der Waals surface area (Å²) in [4.78, 5) is 18.7. The van der Waals surface area contributed by atoms with Gasteiger partial charge in [0.1, 0.15) is 4.88 Å². The molecule has 2 fully saturated rings. The molecule has 0 atom stereocenters. The summed E-state index contributed by atoms with van der Waals surface area (Å²) in [7, 11) is 0. The first-order valence-electron chi connectivity index (χ1n) is 7.68. The van der Waals surface area contributed by atoms with Gasteiger partial charge in [-0.2, -0.15) is 0 Å². The molecular formula is C15H22N2O2S. The second-order valence-corrected chi connectivity index (χ2v) is 6.99. The highest BCUT2D eigenvalue weighted by atomic mass is 32.1. The predicted molar refractivity (Wildman–Crippen MR) is 80.9 cm³/mol. The minimum Gasteiger partial charge on any atom is -0.477 e. The van der Waals surface area contributed by atoms with E-state index >= 15 is 0 Å². The van der Waals surface area contributed by atoms with E-state index in [0.717, 1.165) is 42.7 Å². The molecule has 1 aromatic heterocycles. The second-order valence-electron chi connectivity index (χ2n) is 6.01. The van der Waals surface area contributed by atoms with E-state index in [2.05, 4.69) is 16.8 Å². The molecule has 110 valence electrons. The Morgan fingerprint density at radius 3 is 2.60 bits per heavy atom. The molecule has 3 rings (SSSR count). The van der Waals surface area contributed by atoms with Crippen LogP contribution in [-0.4, -0.2) is 29.1 Å². The van der Waals surface area contributed by atoms with Gasteiger partial charge in [0.05, 0.1) is 5.69 Å². The Kier molecular flexibility index (Phi) is 3.96. The van der Waals surface area contributed by atoms with Gasteiger partial charge in [-0.25, -0.2) is 9.78 Å². The van der Waals surface area contributed by atoms with Gasteiger partial charge >= 0.3 is 5.97 Å². The lowest BCUT2D eigenvalue weighted by atomic mass is 9.93. The molecule has 2 heterocycles. The smallest absolute Gasteiger partial charge is 0.347 e. The summed E-state index contributed by atoms with van der Waals surface area (Å²) in [5.41, 5.74) is 0.841. The van der Waals surface area contributed by atoms with Crippen molar-refractivity contribution in [3.8, 4) is 0 Å². The lowest BCUT2D eigenvalue weighted by Crippen LogP contribution is -2.33. The maximum Gasteiger partial charge on any atom is 0.347 e. The number of rotatable bonds is 5. The first-order valence-corrected chi connectivity index (χ1v) is 8.49. The molecule has 1 aliphatic carbocycles. The van der Waals surface area contributed by atoms with E-state index < -0.39 is 5.97 Å². The van der Waals surface area contributed by atoms with Gasteiger partial charge in [-0.1, -0.05) is 31.1 Å². The van der Waals surface area contributed by atoms with Crippen LogP contribution in [0.3, 0.4) is 0 Å². The second kappa shape index (κ2) is 5.72. The molecule has 0 bridgehead atoms. The Morgan fingerprint density at radius 2 is 2.05 bits per heavy atom. The molecule has 0 spiro atoms. The van der Waals surface area contributed by atoms with Gasteiger partial charge in [-0.3, -0.25) is 0 Å². The summed E-state index contributed by atoms with van der Waals surface area (Å²) >= 11 is 1.37. The molecule has 2 aliphatic rings. The van der Waals surface area contributed by atoms with Crippen molar-refractivity contribution in [2.24, 2.45) is 5.92 Å². The van der Waals surface area contributed by atoms with E-state index in [1.807, 2.05) is 0 Å². The molecule has 1 N–H and O–H groups in total. The molecule has 0 aromatic carbocycles. The van der Waals surface area contributed by atoms with Crippen molar-refractivity contribution in [2.75, 3.05) is 18.0 Å². The van der Waals surface area contributed by atoms with Crippen LogP contribution < -0.4 is 4.90 Å². The quantitative estimate of drug-likeness (QED) is 0.899. The zero-order chi connectivity index (χ0) is 14.1. The maximum atomic E-state index is 11.3. The predicted octanol–water partition coefficient (Wildman–Crippen LogP) is 3.74. The summed E-state index contributed by atoms with van der Waals surface area (Å²) in [6.07, 6.45) is 7.21. The number of hydrogen-bond acceptors (Lipinski definition) is 4. The Morgan fingerprint density at radius 1 is 1.35 bits per heavy atom. The zero-order valence-electron chi connectivity index (χ0n) is 12.0. The Balaban J connectivity index is 1.71. The third-order valence-electron chi connectivity index (χ3n) is 4.38. The first-order chi connectivity index (χ1) is 9.69. The number of hydrogen-bond donors (Lipinski definition) is 1. The third kappa shape index (κ3) is 2.82. The van der Waals surface area contributed by atoms with Crippen LogP contribution in [-0.2, 0) is 0 Å². The summed E-state index contributed by atoms with van der Waals surface area (Å²) in [6.45, 7) is 4.30. The topological polar surface area (TPSA) is 53.4 Å². The van der Waals surface area contributed by atoms with E-state index in [0.29, 0.717) is 10.8 Å². The average molecular weight is 294 g/mol. The highest BCUT2D eigenvalue weighted by molar-refractivity contribution is 7.17. The summed E-state index contributed by atoms with van der Waals surface area (Å²) in [5.74, 6) is 0.443. The third-order valence-corrected chi connectivity index (χ3v) is 5.50. The van der Waals surface area contributed by atoms with E-state index in [9.17, 15) is 9.90 Å². The van der Waals surface area contributed by atoms with Crippen LogP contribution in [0.15, 0.2) is 0 Å². The molecule has 0 radical (unpaired) electrons. The molecule has 5 heteroatoms. The van der Waals surface area contributed by atoms with Crippen molar-refractivity contribution < 1.29 is 9.90 Å². The SMILES string of the molecule is CCCC1CCN(c2nc(C3CC3)c(C(=O)O)s2)CC1. The van der Waals surface area contributed by atoms with Crippen LogP contribution in [0, 0.1) is 5.92 Å². The van der Waals surface area contributed by atoms with Crippen LogP contribution in [0.2, 0.25) is 0 Å². The van der Waals surface area contributed by atoms with Gasteiger partial charge in [0.25, 0.3) is 0 Å². The molecule has 0 unspecified atom stereocenters. The summed E-state index contributed by atoms with van der Waals surface area (Å²) in [5, 5.41) is 10.2. The highest BCUT2D eigenvalue weighted by Gasteiger charge is 2.33. The van der Waals surface area contributed by atoms with Crippen LogP contribution in [0.25, 0.3) is 0 Å². The van der Waals surface area contributed by atoms with Crippen molar-refractivity contribution in [2.45, 2.75) is 51.4 Å². The number of carboxylic acid groups (broad SMARTS) is 1. The number of carbonyl (C=O) groups is 1. The number of piperidine rings is 1. The number of aromatic carboxylic acids is 1. The average Bonchev–Trinajstić information content (AvgIpc) is 3.19. The first kappa shape index (κ1) is 13.9. The molecule has 1 saturated heterocycles. The van der Waals surface area contributed by atoms with Crippen LogP contribution in [0.5, 0.6) is 0 Å². The number of anilines is 1. The van der Waals surface area contributed by atoms with E-state index in [1.54, 1.807) is 0 Å². The minimum atomic E-state index is -0.809. The normalized spacial score (nSPS) is 20.4. The monoisotopic (exact) mass is 294 g/mol. The van der Waals surface area contributed by atoms with Gasteiger partial charge in [-0.05, 0) is 31.6 Å². The minimum absolute atomic E-state index is 0.406. The summed E-state index contributed by atoms with van der Waals surface area (Å²) < 4.78 is 0. The van der Waals surface area contributed by atoms with Gasteiger partial charge < -0.3 is 10.0 Å². The highest BCUT2D eigenvalue weighted by Crippen LogP contribution is 2.44. The van der Waals surface area contributed by atoms with Crippen molar-refractivity contribution in [3.05, 3.63) is 10.6 Å². The number of aromatic nitrogens is 1. The van der Waals surface area contributed by atoms with Crippen molar-refractivity contribution in [1.29, 1.82) is 0 Å². The number of carboxylic acids is 1. The van der Waals surface area contributed by atoms with Gasteiger partial charge in [0, 0.05) is 19.0 Å². The maximum absolute atomic E-state index is 11.3. The Bertz CT molecular complexity index is 488. The van der Waals surface area contributed by atoms with Gasteiger partial charge in [-0.15, -0.1) is 0 Å². The zero-order valence-corrected chi connectivity index (χ0v) is 12.8. The molecule has 1 aromatic rings. The fourth-order valence-corrected chi connectivity index (χ4v) is 4.11. The van der Waals surface area contributed by atoms with E-state index in [1.165, 1.54) is 37.0 Å². The molecule has 0 amide bonds. The van der Waals surface area contributed by atoms with Crippen molar-refractivity contribution in [3.63, 3.8) is 0 Å². The number of nitrogens with zero attached hydrogens (tertiary/aromatic N) is 2. The van der Waals surface area contributed by atoms with E-state index in [4.69, 9.17) is 0 Å². The molecule has 4 nitrogen and oxygen atoms in total. The lowest BCUT2D eigenvalue weighted by molar-refractivity contribution is 0.0700. The van der Waals surface area contributed by atoms with Crippen LogP contribution in [0.1, 0.15) is 66.7 Å². The van der Waals surface area contributed by atoms with Crippen LogP contribution >= 0.6 is 11.3 Å². The van der Waals surface area contributed by atoms with Crippen molar-refractivity contribution in [1.82, 2.24) is 4.98 Å². The summed E-state index contributed by atoms with van der Waals surface area (Å²) in [6, 6.07) is 0. The largest absolute Gasteiger partial charge is 0.477 e. The standard InChI is InChI=1S/C15H22N2O2S/c1-2-3-10-6-8-17(9-7-10)15-16-12(11-4-5-11)13(20-15)14(18)19/h10-11H,2-9H2,1H3,(H,18,19). The lowest BCUT2D eigenvalue weighted by Gasteiger charge is -2.31. The van der Waals surface area contributed by atoms with Crippen molar-refractivity contribution >= 4 is 22.4 Å². The Hall–Kier alpha value is -1.10. The number of thiazole rings is 1. The molecular weight excluding hydrogens is 272 g/mol. The van der Waals surface area contributed by atoms with Crippen LogP contribution in [0.4, 0.5) is 5.13 Å². The fourth-order valence-electron chi connectivity index (χ4n) is 3.06. The molecule has 1 aliphatic heterocycles. The Labute approximate surface area is 123 Å². The van der Waals surface area contributed by atoms with E-state index in [-0.39, 0.29) is 0 Å². The fraction of sp³-hybridized carbons (Fsp3) is 0.733. The van der Waals surface area contributed by atoms with Gasteiger partial charge in [0.2, 0.25) is 0 Å².